The van der Waals surface area contributed by atoms with Crippen molar-refractivity contribution in [3.8, 4) is 5.75 Å². The fourth-order valence-electron chi connectivity index (χ4n) is 2.23. The number of hydrogen-bond acceptors (Lipinski definition) is 4. The first kappa shape index (κ1) is 12.7. The summed E-state index contributed by atoms with van der Waals surface area (Å²) in [6.07, 6.45) is 0. The first-order valence-corrected chi connectivity index (χ1v) is 5.96. The van der Waals surface area contributed by atoms with E-state index in [1.165, 1.54) is 0 Å². The summed E-state index contributed by atoms with van der Waals surface area (Å²) in [7, 11) is 0. The number of hydrogen-bond donors (Lipinski definition) is 2. The Balaban J connectivity index is 2.39. The van der Waals surface area contributed by atoms with Gasteiger partial charge in [0.2, 0.25) is 5.91 Å². The summed E-state index contributed by atoms with van der Waals surface area (Å²) in [5.41, 5.74) is 12.5. The first-order valence-electron chi connectivity index (χ1n) is 5.96. The van der Waals surface area contributed by atoms with Crippen LogP contribution in [0.5, 0.6) is 5.75 Å². The molecule has 0 bridgehead atoms. The molecule has 5 nitrogen and oxygen atoms in total. The van der Waals surface area contributed by atoms with Crippen molar-refractivity contribution in [3.05, 3.63) is 23.8 Å². The van der Waals surface area contributed by atoms with Gasteiger partial charge in [-0.05, 0) is 31.5 Å². The molecule has 1 aromatic carbocycles. The smallest absolute Gasteiger partial charge is 0.236 e. The monoisotopic (exact) mass is 249 g/mol. The molecule has 0 saturated carbocycles. The Hall–Kier alpha value is -1.75. The Kier molecular flexibility index (Phi) is 3.17. The highest BCUT2D eigenvalue weighted by molar-refractivity contribution is 5.80. The minimum absolute atomic E-state index is 0.196. The van der Waals surface area contributed by atoms with Crippen LogP contribution in [0, 0.1) is 0 Å². The highest BCUT2D eigenvalue weighted by Crippen LogP contribution is 2.37. The molecule has 0 aromatic heterocycles. The number of amides is 1. The minimum atomic E-state index is -0.352. The maximum absolute atomic E-state index is 11.1. The summed E-state index contributed by atoms with van der Waals surface area (Å²) in [4.78, 5) is 13.1. The predicted molar refractivity (Wildman–Crippen MR) is 70.4 cm³/mol. The summed E-state index contributed by atoms with van der Waals surface area (Å²) in [5, 5.41) is 0. The van der Waals surface area contributed by atoms with E-state index >= 15 is 0 Å². The molecule has 0 fully saturated rings. The van der Waals surface area contributed by atoms with Crippen LogP contribution in [0.15, 0.2) is 18.2 Å². The van der Waals surface area contributed by atoms with Crippen LogP contribution in [0.3, 0.4) is 0 Å². The van der Waals surface area contributed by atoms with Crippen molar-refractivity contribution in [1.82, 2.24) is 0 Å². The summed E-state index contributed by atoms with van der Waals surface area (Å²) in [6.45, 7) is 5.26. The topological polar surface area (TPSA) is 81.6 Å². The Labute approximate surface area is 107 Å². The van der Waals surface area contributed by atoms with E-state index in [4.69, 9.17) is 16.2 Å². The van der Waals surface area contributed by atoms with Gasteiger partial charge in [0.05, 0.1) is 18.8 Å². The molecule has 4 N–H and O–H groups in total. The molecule has 1 aliphatic heterocycles. The summed E-state index contributed by atoms with van der Waals surface area (Å²) >= 11 is 0. The number of ether oxygens (including phenoxy) is 1. The van der Waals surface area contributed by atoms with E-state index in [2.05, 4.69) is 0 Å². The van der Waals surface area contributed by atoms with E-state index in [-0.39, 0.29) is 18.1 Å². The van der Waals surface area contributed by atoms with Crippen molar-refractivity contribution in [3.63, 3.8) is 0 Å². The fraction of sp³-hybridized carbons (Fsp3) is 0.462. The van der Waals surface area contributed by atoms with Crippen LogP contribution < -0.4 is 21.1 Å². The van der Waals surface area contributed by atoms with Crippen molar-refractivity contribution in [1.29, 1.82) is 0 Å². The SMILES string of the molecule is CC1(C)CN(CC(N)=O)c2ccc(CN)cc2O1. The largest absolute Gasteiger partial charge is 0.484 e. The molecule has 1 heterocycles. The van der Waals surface area contributed by atoms with Crippen molar-refractivity contribution >= 4 is 11.6 Å². The molecule has 0 saturated heterocycles. The molecule has 1 aromatic rings. The van der Waals surface area contributed by atoms with Gasteiger partial charge in [-0.3, -0.25) is 4.79 Å². The maximum Gasteiger partial charge on any atom is 0.236 e. The van der Waals surface area contributed by atoms with Gasteiger partial charge in [-0.1, -0.05) is 6.07 Å². The van der Waals surface area contributed by atoms with E-state index in [9.17, 15) is 4.79 Å². The van der Waals surface area contributed by atoms with Crippen LogP contribution in [-0.4, -0.2) is 24.6 Å². The number of anilines is 1. The van der Waals surface area contributed by atoms with Gasteiger partial charge in [0.15, 0.2) is 0 Å². The molecule has 0 atom stereocenters. The third-order valence-corrected chi connectivity index (χ3v) is 2.91. The van der Waals surface area contributed by atoms with Gasteiger partial charge >= 0.3 is 0 Å². The number of nitrogens with two attached hydrogens (primary N) is 2. The third kappa shape index (κ3) is 2.56. The zero-order chi connectivity index (χ0) is 13.3. The average Bonchev–Trinajstić information content (AvgIpc) is 2.25. The number of fused-ring (bicyclic) bond motifs is 1. The molecule has 2 rings (SSSR count). The zero-order valence-electron chi connectivity index (χ0n) is 10.8. The van der Waals surface area contributed by atoms with Gasteiger partial charge in [0.25, 0.3) is 0 Å². The van der Waals surface area contributed by atoms with Crippen LogP contribution in [0.2, 0.25) is 0 Å². The van der Waals surface area contributed by atoms with Gasteiger partial charge in [-0.25, -0.2) is 0 Å². The van der Waals surface area contributed by atoms with Crippen molar-refractivity contribution < 1.29 is 9.53 Å². The van der Waals surface area contributed by atoms with E-state index in [1.54, 1.807) is 0 Å². The number of carbonyl (C=O) groups excluding carboxylic acids is 1. The second-order valence-electron chi connectivity index (χ2n) is 5.19. The average molecular weight is 249 g/mol. The number of benzene rings is 1. The molecule has 0 unspecified atom stereocenters. The van der Waals surface area contributed by atoms with Gasteiger partial charge in [-0.2, -0.15) is 0 Å². The van der Waals surface area contributed by atoms with Crippen molar-refractivity contribution in [2.24, 2.45) is 11.5 Å². The van der Waals surface area contributed by atoms with E-state index < -0.39 is 0 Å². The molecule has 0 spiro atoms. The Bertz CT molecular complexity index is 471. The van der Waals surface area contributed by atoms with Crippen LogP contribution in [0.25, 0.3) is 0 Å². The summed E-state index contributed by atoms with van der Waals surface area (Å²) < 4.78 is 5.92. The van der Waals surface area contributed by atoms with Gasteiger partial charge in [-0.15, -0.1) is 0 Å². The highest BCUT2D eigenvalue weighted by Gasteiger charge is 2.32. The number of nitrogens with zero attached hydrogens (tertiary/aromatic N) is 1. The van der Waals surface area contributed by atoms with Crippen LogP contribution in [-0.2, 0) is 11.3 Å². The molecule has 0 aliphatic carbocycles. The molecular formula is C13H19N3O2. The molecule has 98 valence electrons. The van der Waals surface area contributed by atoms with E-state index in [1.807, 2.05) is 36.9 Å². The minimum Gasteiger partial charge on any atom is -0.484 e. The Morgan fingerprint density at radius 3 is 2.83 bits per heavy atom. The lowest BCUT2D eigenvalue weighted by Gasteiger charge is -2.40. The van der Waals surface area contributed by atoms with Crippen LogP contribution in [0.4, 0.5) is 5.69 Å². The molecule has 1 aliphatic rings. The quantitative estimate of drug-likeness (QED) is 0.822. The second-order valence-corrected chi connectivity index (χ2v) is 5.19. The molecule has 18 heavy (non-hydrogen) atoms. The zero-order valence-corrected chi connectivity index (χ0v) is 10.8. The maximum atomic E-state index is 11.1. The van der Waals surface area contributed by atoms with Crippen molar-refractivity contribution in [2.75, 3.05) is 18.0 Å². The lowest BCUT2D eigenvalue weighted by molar-refractivity contribution is -0.116. The normalized spacial score (nSPS) is 16.9. The second kappa shape index (κ2) is 4.49. The Morgan fingerprint density at radius 2 is 2.22 bits per heavy atom. The molecular weight excluding hydrogens is 230 g/mol. The van der Waals surface area contributed by atoms with Crippen LogP contribution in [0.1, 0.15) is 19.4 Å². The van der Waals surface area contributed by atoms with Gasteiger partial charge < -0.3 is 21.1 Å². The number of carbonyl (C=O) groups is 1. The Morgan fingerprint density at radius 1 is 1.50 bits per heavy atom. The molecule has 1 amide bonds. The molecule has 5 heteroatoms. The van der Waals surface area contributed by atoms with Crippen LogP contribution >= 0.6 is 0 Å². The fourth-order valence-corrected chi connectivity index (χ4v) is 2.23. The molecule has 0 radical (unpaired) electrons. The standard InChI is InChI=1S/C13H19N3O2/c1-13(2)8-16(7-12(15)17)10-4-3-9(6-14)5-11(10)18-13/h3-5H,6-8,14H2,1-2H3,(H2,15,17). The first-order chi connectivity index (χ1) is 8.41. The number of primary amides is 1. The highest BCUT2D eigenvalue weighted by atomic mass is 16.5. The summed E-state index contributed by atoms with van der Waals surface area (Å²) in [6, 6.07) is 5.79. The third-order valence-electron chi connectivity index (χ3n) is 2.91. The predicted octanol–water partition coefficient (Wildman–Crippen LogP) is 0.608. The van der Waals surface area contributed by atoms with Crippen molar-refractivity contribution in [2.45, 2.75) is 26.0 Å². The lowest BCUT2D eigenvalue weighted by atomic mass is 10.0. The van der Waals surface area contributed by atoms with Gasteiger partial charge in [0, 0.05) is 6.54 Å². The summed E-state index contributed by atoms with van der Waals surface area (Å²) in [5.74, 6) is 0.414. The van der Waals surface area contributed by atoms with Gasteiger partial charge in [0.1, 0.15) is 11.4 Å². The lowest BCUT2D eigenvalue weighted by Crippen LogP contribution is -2.49. The van der Waals surface area contributed by atoms with E-state index in [0.29, 0.717) is 13.1 Å². The number of rotatable bonds is 3. The van der Waals surface area contributed by atoms with E-state index in [0.717, 1.165) is 17.0 Å².